The average Bonchev–Trinajstić information content (AvgIpc) is 4.03. The maximum Gasteiger partial charge on any atom is 0.143 e. The third-order valence-electron chi connectivity index (χ3n) is 15.6. The summed E-state index contributed by atoms with van der Waals surface area (Å²) in [7, 11) is 0. The predicted octanol–water partition coefficient (Wildman–Crippen LogP) is 18.2. The minimum absolute atomic E-state index is 0.164. The molecule has 0 saturated carbocycles. The Kier molecular flexibility index (Phi) is 8.88. The number of para-hydroxylation sites is 1. The van der Waals surface area contributed by atoms with Crippen LogP contribution in [0, 0.1) is 0 Å². The van der Waals surface area contributed by atoms with E-state index in [1.54, 1.807) is 0 Å². The molecule has 0 fully saturated rings. The number of nitrogens with zero attached hydrogens (tertiary/aromatic N) is 1. The van der Waals surface area contributed by atoms with Crippen LogP contribution in [-0.2, 0) is 10.8 Å². The lowest BCUT2D eigenvalue weighted by molar-refractivity contribution is 0.660. The highest BCUT2D eigenvalue weighted by atomic mass is 16.3. The first-order chi connectivity index (χ1) is 34.5. The van der Waals surface area contributed by atoms with Crippen molar-refractivity contribution in [3.05, 3.63) is 282 Å². The molecule has 2 heteroatoms. The Morgan fingerprint density at radius 2 is 0.929 bits per heavy atom. The fraction of sp³-hybridized carbons (Fsp3) is 0.0588. The first-order valence-electron chi connectivity index (χ1n) is 24.4. The zero-order valence-electron chi connectivity index (χ0n) is 39.0. The molecule has 14 rings (SSSR count). The van der Waals surface area contributed by atoms with Gasteiger partial charge in [0.1, 0.15) is 11.2 Å². The van der Waals surface area contributed by atoms with Crippen molar-refractivity contribution in [2.75, 3.05) is 4.90 Å². The Morgan fingerprint density at radius 3 is 1.70 bits per heavy atom. The minimum Gasteiger partial charge on any atom is -0.455 e. The van der Waals surface area contributed by atoms with Crippen LogP contribution in [-0.4, -0.2) is 0 Å². The zero-order valence-corrected chi connectivity index (χ0v) is 39.0. The molecule has 0 spiro atoms. The summed E-state index contributed by atoms with van der Waals surface area (Å²) in [5.41, 5.74) is 22.1. The summed E-state index contributed by atoms with van der Waals surface area (Å²) in [6.45, 7) is 4.73. The highest BCUT2D eigenvalue weighted by Gasteiger charge is 2.46. The van der Waals surface area contributed by atoms with Gasteiger partial charge in [-0.1, -0.05) is 214 Å². The molecule has 0 unspecified atom stereocenters. The van der Waals surface area contributed by atoms with E-state index >= 15 is 0 Å². The van der Waals surface area contributed by atoms with Gasteiger partial charge in [0.25, 0.3) is 0 Å². The summed E-state index contributed by atoms with van der Waals surface area (Å²) in [6.07, 6.45) is 0. The molecule has 0 saturated heterocycles. The van der Waals surface area contributed by atoms with Crippen molar-refractivity contribution in [2.45, 2.75) is 24.7 Å². The van der Waals surface area contributed by atoms with Crippen molar-refractivity contribution in [2.24, 2.45) is 0 Å². The third-order valence-corrected chi connectivity index (χ3v) is 15.6. The molecule has 0 N–H and O–H groups in total. The summed E-state index contributed by atoms with van der Waals surface area (Å²) in [5, 5.41) is 4.53. The van der Waals surface area contributed by atoms with Gasteiger partial charge in [-0.3, -0.25) is 0 Å². The lowest BCUT2D eigenvalue weighted by Crippen LogP contribution is -2.28. The summed E-state index contributed by atoms with van der Waals surface area (Å²) in [6, 6.07) is 91.7. The van der Waals surface area contributed by atoms with Crippen molar-refractivity contribution in [1.82, 2.24) is 0 Å². The normalized spacial score (nSPS) is 13.8. The number of benzene rings is 11. The van der Waals surface area contributed by atoms with Gasteiger partial charge in [-0.15, -0.1) is 0 Å². The van der Waals surface area contributed by atoms with Crippen molar-refractivity contribution in [3.63, 3.8) is 0 Å². The maximum atomic E-state index is 6.75. The lowest BCUT2D eigenvalue weighted by atomic mass is 9.67. The maximum absolute atomic E-state index is 6.75. The SMILES string of the molecule is CC1(C)c2ccccc2-c2ccc(N(c3ccc(-c4ccc5c(c4)C(c4ccccc4)(c4ccccc4)c4ccccc4-5)cc3)c3ccccc3-c3cccc4oc5c6ccccc6ccc5c34)cc21. The molecule has 2 aliphatic rings. The molecule has 0 bridgehead atoms. The van der Waals surface area contributed by atoms with Crippen LogP contribution >= 0.6 is 0 Å². The van der Waals surface area contributed by atoms with Gasteiger partial charge in [0.05, 0.1) is 11.1 Å². The molecule has 11 aromatic carbocycles. The van der Waals surface area contributed by atoms with Gasteiger partial charge in [-0.2, -0.15) is 0 Å². The molecule has 1 aromatic heterocycles. The fourth-order valence-electron chi connectivity index (χ4n) is 12.4. The van der Waals surface area contributed by atoms with Crippen LogP contribution in [0.4, 0.5) is 17.1 Å². The number of fused-ring (bicyclic) bond motifs is 11. The highest BCUT2D eigenvalue weighted by molar-refractivity contribution is 6.19. The number of hydrogen-bond acceptors (Lipinski definition) is 2. The fourth-order valence-corrected chi connectivity index (χ4v) is 12.4. The third kappa shape index (κ3) is 5.80. The summed E-state index contributed by atoms with van der Waals surface area (Å²) >= 11 is 0. The van der Waals surface area contributed by atoms with E-state index in [1.807, 2.05) is 0 Å². The van der Waals surface area contributed by atoms with E-state index in [4.69, 9.17) is 4.42 Å². The lowest BCUT2D eigenvalue weighted by Gasteiger charge is -2.34. The van der Waals surface area contributed by atoms with Crippen LogP contribution in [0.2, 0.25) is 0 Å². The number of hydrogen-bond donors (Lipinski definition) is 0. The van der Waals surface area contributed by atoms with Gasteiger partial charge < -0.3 is 9.32 Å². The van der Waals surface area contributed by atoms with Crippen LogP contribution in [0.3, 0.4) is 0 Å². The van der Waals surface area contributed by atoms with E-state index in [0.29, 0.717) is 0 Å². The van der Waals surface area contributed by atoms with Crippen molar-refractivity contribution >= 4 is 49.8 Å². The molecule has 0 atom stereocenters. The van der Waals surface area contributed by atoms with E-state index in [2.05, 4.69) is 267 Å². The number of rotatable bonds is 7. The summed E-state index contributed by atoms with van der Waals surface area (Å²) < 4.78 is 6.75. The van der Waals surface area contributed by atoms with E-state index in [1.165, 1.54) is 66.6 Å². The molecule has 70 heavy (non-hydrogen) atoms. The Balaban J connectivity index is 0.947. The van der Waals surface area contributed by atoms with Gasteiger partial charge >= 0.3 is 0 Å². The Labute approximate surface area is 408 Å². The summed E-state index contributed by atoms with van der Waals surface area (Å²) in [4.78, 5) is 2.46. The second-order valence-corrected chi connectivity index (χ2v) is 19.5. The number of furan rings is 1. The topological polar surface area (TPSA) is 16.4 Å². The van der Waals surface area contributed by atoms with Gasteiger partial charge in [0.15, 0.2) is 0 Å². The van der Waals surface area contributed by atoms with Crippen molar-refractivity contribution < 1.29 is 4.42 Å². The molecule has 0 radical (unpaired) electrons. The smallest absolute Gasteiger partial charge is 0.143 e. The molecular formula is C68H47NO. The van der Waals surface area contributed by atoms with Gasteiger partial charge in [-0.25, -0.2) is 0 Å². The van der Waals surface area contributed by atoms with Gasteiger partial charge in [0.2, 0.25) is 0 Å². The molecule has 2 nitrogen and oxygen atoms in total. The average molecular weight is 894 g/mol. The molecule has 2 aliphatic carbocycles. The van der Waals surface area contributed by atoms with Crippen LogP contribution in [0.1, 0.15) is 47.2 Å². The second kappa shape index (κ2) is 15.4. The quantitative estimate of drug-likeness (QED) is 0.158. The summed E-state index contributed by atoms with van der Waals surface area (Å²) in [5.74, 6) is 0. The Hall–Kier alpha value is -8.72. The van der Waals surface area contributed by atoms with E-state index < -0.39 is 5.41 Å². The largest absolute Gasteiger partial charge is 0.455 e. The van der Waals surface area contributed by atoms with E-state index in [9.17, 15) is 0 Å². The molecule has 12 aromatic rings. The van der Waals surface area contributed by atoms with Gasteiger partial charge in [0, 0.05) is 38.5 Å². The molecule has 1 heterocycles. The monoisotopic (exact) mass is 893 g/mol. The minimum atomic E-state index is -0.470. The second-order valence-electron chi connectivity index (χ2n) is 19.5. The Bertz CT molecular complexity index is 3990. The molecule has 330 valence electrons. The molecule has 0 aliphatic heterocycles. The van der Waals surface area contributed by atoms with E-state index in [0.717, 1.165) is 61.1 Å². The molecule has 0 amide bonds. The van der Waals surface area contributed by atoms with Crippen LogP contribution in [0.5, 0.6) is 0 Å². The first-order valence-corrected chi connectivity index (χ1v) is 24.4. The Morgan fingerprint density at radius 1 is 0.357 bits per heavy atom. The van der Waals surface area contributed by atoms with Crippen LogP contribution in [0.25, 0.3) is 77.2 Å². The highest BCUT2D eigenvalue weighted by Crippen LogP contribution is 2.57. The number of anilines is 3. The first kappa shape index (κ1) is 40.4. The van der Waals surface area contributed by atoms with Crippen LogP contribution < -0.4 is 4.90 Å². The van der Waals surface area contributed by atoms with Crippen LogP contribution in [0.15, 0.2) is 253 Å². The van der Waals surface area contributed by atoms with Gasteiger partial charge in [-0.05, 0) is 126 Å². The zero-order chi connectivity index (χ0) is 46.6. The van der Waals surface area contributed by atoms with Crippen molar-refractivity contribution in [3.8, 4) is 44.5 Å². The van der Waals surface area contributed by atoms with E-state index in [-0.39, 0.29) is 5.41 Å². The molecular weight excluding hydrogens is 847 g/mol. The van der Waals surface area contributed by atoms with Crippen molar-refractivity contribution in [1.29, 1.82) is 0 Å². The predicted molar refractivity (Wildman–Crippen MR) is 292 cm³/mol. The standard InChI is InChI=1S/C68H47NO/c1-67(2)59-28-14-11-24-52(59)54-41-38-50(43-61(54)67)69(63-30-16-13-26-56(63)57-27-17-31-64-65(57)58-40-34-45-18-9-10-23-51(45)66(58)70-64)49-36-32-44(33-37-49)46-35-39-55-53-25-12-15-29-60(53)68(62(55)42-46,47-19-5-3-6-20-47)48-21-7-4-8-22-48/h3-43H,1-2H3.